The van der Waals surface area contributed by atoms with Crippen LogP contribution in [0, 0.1) is 0 Å². The fraction of sp³-hybridized carbons (Fsp3) is 0.179. The van der Waals surface area contributed by atoms with Gasteiger partial charge >= 0.3 is 11.9 Å². The SMILES string of the molecule is CCOC(=O)c1cc(NC(=O)CSc2nc3ccccc3c(=O)n2-c2ccccc2)cc(C(=O)OCC)c1. The highest BCUT2D eigenvalue weighted by Gasteiger charge is 2.18. The van der Waals surface area contributed by atoms with E-state index in [0.717, 1.165) is 11.8 Å². The van der Waals surface area contributed by atoms with Crippen molar-refractivity contribution in [3.8, 4) is 5.69 Å². The third-order valence-corrected chi connectivity index (χ3v) is 6.27. The van der Waals surface area contributed by atoms with Gasteiger partial charge in [-0.15, -0.1) is 0 Å². The van der Waals surface area contributed by atoms with Gasteiger partial charge < -0.3 is 14.8 Å². The summed E-state index contributed by atoms with van der Waals surface area (Å²) in [7, 11) is 0. The van der Waals surface area contributed by atoms with Crippen LogP contribution in [0.1, 0.15) is 34.6 Å². The largest absolute Gasteiger partial charge is 0.462 e. The summed E-state index contributed by atoms with van der Waals surface area (Å²) in [6.07, 6.45) is 0. The number of aromatic nitrogens is 2. The van der Waals surface area contributed by atoms with Gasteiger partial charge in [-0.1, -0.05) is 42.1 Å². The molecule has 0 unspecified atom stereocenters. The summed E-state index contributed by atoms with van der Waals surface area (Å²) in [6, 6.07) is 20.3. The number of carbonyl (C=O) groups is 3. The number of nitrogens with one attached hydrogen (secondary N) is 1. The number of benzene rings is 3. The van der Waals surface area contributed by atoms with Gasteiger partial charge in [-0.25, -0.2) is 14.6 Å². The maximum Gasteiger partial charge on any atom is 0.338 e. The van der Waals surface area contributed by atoms with Gasteiger partial charge in [0.1, 0.15) is 0 Å². The molecule has 9 nitrogen and oxygen atoms in total. The number of esters is 2. The average Bonchev–Trinajstić information content (AvgIpc) is 2.92. The van der Waals surface area contributed by atoms with E-state index in [1.807, 2.05) is 18.2 Å². The number of anilines is 1. The van der Waals surface area contributed by atoms with Gasteiger partial charge in [0.2, 0.25) is 5.91 Å². The minimum atomic E-state index is -0.629. The summed E-state index contributed by atoms with van der Waals surface area (Å²) in [5.74, 6) is -1.77. The smallest absolute Gasteiger partial charge is 0.338 e. The number of hydrogen-bond donors (Lipinski definition) is 1. The minimum Gasteiger partial charge on any atom is -0.462 e. The van der Waals surface area contributed by atoms with Crippen LogP contribution in [0.3, 0.4) is 0 Å². The lowest BCUT2D eigenvalue weighted by Crippen LogP contribution is -2.23. The molecular weight excluding hydrogens is 506 g/mol. The molecular formula is C28H25N3O6S. The van der Waals surface area contributed by atoms with E-state index in [0.29, 0.717) is 21.7 Å². The molecule has 0 saturated heterocycles. The van der Waals surface area contributed by atoms with Crippen molar-refractivity contribution >= 4 is 46.2 Å². The van der Waals surface area contributed by atoms with E-state index in [9.17, 15) is 19.2 Å². The summed E-state index contributed by atoms with van der Waals surface area (Å²) in [5, 5.41) is 3.52. The lowest BCUT2D eigenvalue weighted by Gasteiger charge is -2.13. The van der Waals surface area contributed by atoms with Crippen molar-refractivity contribution in [2.45, 2.75) is 19.0 Å². The van der Waals surface area contributed by atoms with Crippen molar-refractivity contribution in [1.29, 1.82) is 0 Å². The molecule has 0 bridgehead atoms. The van der Waals surface area contributed by atoms with Crippen molar-refractivity contribution in [2.75, 3.05) is 24.3 Å². The van der Waals surface area contributed by atoms with Crippen LogP contribution in [0.25, 0.3) is 16.6 Å². The Balaban J connectivity index is 1.61. The number of hydrogen-bond acceptors (Lipinski definition) is 8. The van der Waals surface area contributed by atoms with Crippen LogP contribution in [0.5, 0.6) is 0 Å². The molecule has 0 spiro atoms. The van der Waals surface area contributed by atoms with Crippen LogP contribution in [0.2, 0.25) is 0 Å². The Hall–Kier alpha value is -4.44. The first-order valence-electron chi connectivity index (χ1n) is 11.9. The molecule has 1 aromatic heterocycles. The Morgan fingerprint density at radius 2 is 1.47 bits per heavy atom. The lowest BCUT2D eigenvalue weighted by molar-refractivity contribution is -0.113. The number of thioether (sulfide) groups is 1. The molecule has 0 aliphatic rings. The highest BCUT2D eigenvalue weighted by atomic mass is 32.2. The number of para-hydroxylation sites is 2. The first kappa shape index (κ1) is 26.6. The zero-order valence-corrected chi connectivity index (χ0v) is 21.6. The van der Waals surface area contributed by atoms with Gasteiger partial charge in [0.05, 0.1) is 46.7 Å². The molecule has 0 saturated carbocycles. The second-order valence-corrected chi connectivity index (χ2v) is 8.91. The number of amides is 1. The summed E-state index contributed by atoms with van der Waals surface area (Å²) in [4.78, 5) is 55.5. The van der Waals surface area contributed by atoms with Gasteiger partial charge in [0, 0.05) is 5.69 Å². The molecule has 1 amide bonds. The second-order valence-electron chi connectivity index (χ2n) is 7.96. The fourth-order valence-electron chi connectivity index (χ4n) is 3.71. The molecule has 0 fully saturated rings. The van der Waals surface area contributed by atoms with Crippen LogP contribution < -0.4 is 10.9 Å². The maximum absolute atomic E-state index is 13.3. The Morgan fingerprint density at radius 3 is 2.11 bits per heavy atom. The van der Waals surface area contributed by atoms with Crippen LogP contribution in [0.15, 0.2) is 82.7 Å². The zero-order chi connectivity index (χ0) is 27.1. The lowest BCUT2D eigenvalue weighted by atomic mass is 10.1. The first-order chi connectivity index (χ1) is 18.4. The standard InChI is InChI=1S/C28H25N3O6S/c1-3-36-26(34)18-14-19(27(35)37-4-2)16-20(15-18)29-24(32)17-38-28-30-23-13-9-8-12-22(23)25(33)31(28)21-10-6-5-7-11-21/h5-16H,3-4,17H2,1-2H3,(H,29,32). The molecule has 4 aromatic rings. The van der Waals surface area contributed by atoms with Crippen molar-refractivity contribution in [3.05, 3.63) is 94.3 Å². The van der Waals surface area contributed by atoms with Crippen LogP contribution in [0.4, 0.5) is 5.69 Å². The number of fused-ring (bicyclic) bond motifs is 1. The highest BCUT2D eigenvalue weighted by molar-refractivity contribution is 7.99. The van der Waals surface area contributed by atoms with Gasteiger partial charge in [-0.3, -0.25) is 14.2 Å². The predicted octanol–water partition coefficient (Wildman–Crippen LogP) is 4.47. The number of nitrogens with zero attached hydrogens (tertiary/aromatic N) is 2. The maximum atomic E-state index is 13.3. The Morgan fingerprint density at radius 1 is 0.868 bits per heavy atom. The molecule has 1 heterocycles. The third kappa shape index (κ3) is 6.09. The van der Waals surface area contributed by atoms with Crippen molar-refractivity contribution < 1.29 is 23.9 Å². The average molecular weight is 532 g/mol. The zero-order valence-electron chi connectivity index (χ0n) is 20.8. The van der Waals surface area contributed by atoms with Crippen LogP contribution in [-0.2, 0) is 14.3 Å². The van der Waals surface area contributed by atoms with E-state index in [1.165, 1.54) is 22.8 Å². The van der Waals surface area contributed by atoms with E-state index >= 15 is 0 Å². The van der Waals surface area contributed by atoms with Crippen LogP contribution >= 0.6 is 11.8 Å². The van der Waals surface area contributed by atoms with E-state index in [4.69, 9.17) is 9.47 Å². The quantitative estimate of drug-likeness (QED) is 0.191. The first-order valence-corrected chi connectivity index (χ1v) is 12.9. The molecule has 0 atom stereocenters. The number of ether oxygens (including phenoxy) is 2. The molecule has 10 heteroatoms. The summed E-state index contributed by atoms with van der Waals surface area (Å²) >= 11 is 1.09. The second kappa shape index (κ2) is 12.2. The normalized spacial score (nSPS) is 10.7. The Bertz CT molecular complexity index is 1520. The minimum absolute atomic E-state index is 0.0873. The summed E-state index contributed by atoms with van der Waals surface area (Å²) < 4.78 is 11.6. The topological polar surface area (TPSA) is 117 Å². The van der Waals surface area contributed by atoms with Gasteiger partial charge in [-0.05, 0) is 56.3 Å². The number of rotatable bonds is 9. The molecule has 0 aliphatic heterocycles. The predicted molar refractivity (Wildman–Crippen MR) is 145 cm³/mol. The van der Waals surface area contributed by atoms with Crippen LogP contribution in [-0.4, -0.2) is 46.4 Å². The molecule has 0 aliphatic carbocycles. The molecule has 1 N–H and O–H groups in total. The monoisotopic (exact) mass is 531 g/mol. The Labute approximate surface area is 222 Å². The molecule has 0 radical (unpaired) electrons. The van der Waals surface area contributed by atoms with Crippen molar-refractivity contribution in [1.82, 2.24) is 9.55 Å². The van der Waals surface area contributed by atoms with E-state index < -0.39 is 17.8 Å². The van der Waals surface area contributed by atoms with E-state index in [-0.39, 0.29) is 41.3 Å². The highest BCUT2D eigenvalue weighted by Crippen LogP contribution is 2.23. The van der Waals surface area contributed by atoms with Crippen molar-refractivity contribution in [3.63, 3.8) is 0 Å². The van der Waals surface area contributed by atoms with Gasteiger partial charge in [0.15, 0.2) is 5.16 Å². The third-order valence-electron chi connectivity index (χ3n) is 5.33. The van der Waals surface area contributed by atoms with Gasteiger partial charge in [-0.2, -0.15) is 0 Å². The van der Waals surface area contributed by atoms with Gasteiger partial charge in [0.25, 0.3) is 5.56 Å². The van der Waals surface area contributed by atoms with E-state index in [2.05, 4.69) is 10.3 Å². The molecule has 194 valence electrons. The van der Waals surface area contributed by atoms with E-state index in [1.54, 1.807) is 50.2 Å². The molecule has 38 heavy (non-hydrogen) atoms. The molecule has 3 aromatic carbocycles. The van der Waals surface area contributed by atoms with Crippen molar-refractivity contribution in [2.24, 2.45) is 0 Å². The fourth-order valence-corrected chi connectivity index (χ4v) is 4.52. The summed E-state index contributed by atoms with van der Waals surface area (Å²) in [6.45, 7) is 3.65. The molecule has 4 rings (SSSR count). The summed E-state index contributed by atoms with van der Waals surface area (Å²) in [5.41, 5.74) is 1.35. The number of carbonyl (C=O) groups excluding carboxylic acids is 3. The Kier molecular flexibility index (Phi) is 8.55.